The van der Waals surface area contributed by atoms with Gasteiger partial charge in [-0.3, -0.25) is 14.5 Å². The lowest BCUT2D eigenvalue weighted by molar-refractivity contribution is -0.150. The molecule has 0 aromatic rings. The van der Waals surface area contributed by atoms with Crippen LogP contribution < -0.4 is 0 Å². The maximum absolute atomic E-state index is 11.2. The number of amides is 1. The summed E-state index contributed by atoms with van der Waals surface area (Å²) in [5.74, 6) is -0.874. The largest absolute Gasteiger partial charge is 0.480 e. The number of hydrogen-bond donors (Lipinski definition) is 1. The molecule has 1 amide bonds. The number of likely N-dealkylation sites (N-methyl/N-ethyl adjacent to an activating group) is 2. The molecule has 1 aliphatic rings. The normalized spacial score (nSPS) is 24.9. The van der Waals surface area contributed by atoms with E-state index in [2.05, 4.69) is 0 Å². The highest BCUT2D eigenvalue weighted by atomic mass is 16.4. The van der Waals surface area contributed by atoms with Crippen LogP contribution in [-0.2, 0) is 9.59 Å². The van der Waals surface area contributed by atoms with Crippen LogP contribution in [0.25, 0.3) is 0 Å². The Morgan fingerprint density at radius 2 is 2.31 bits per heavy atom. The minimum Gasteiger partial charge on any atom is -0.480 e. The Hall–Kier alpha value is -1.10. The third kappa shape index (κ3) is 1.98. The predicted octanol–water partition coefficient (Wildman–Crippen LogP) is -0.766. The fourth-order valence-corrected chi connectivity index (χ4v) is 1.45. The Labute approximate surface area is 76.9 Å². The molecule has 0 aliphatic carbocycles. The summed E-state index contributed by atoms with van der Waals surface area (Å²) < 4.78 is 0. The minimum atomic E-state index is -0.860. The molecule has 0 spiro atoms. The van der Waals surface area contributed by atoms with Crippen molar-refractivity contribution in [1.82, 2.24) is 9.80 Å². The van der Waals surface area contributed by atoms with Crippen molar-refractivity contribution in [2.45, 2.75) is 13.0 Å². The molecule has 5 nitrogen and oxygen atoms in total. The van der Waals surface area contributed by atoms with E-state index in [1.807, 2.05) is 6.92 Å². The molecule has 1 aliphatic heterocycles. The van der Waals surface area contributed by atoms with Gasteiger partial charge in [0, 0.05) is 13.6 Å². The molecular weight excluding hydrogens is 172 g/mol. The van der Waals surface area contributed by atoms with Crippen molar-refractivity contribution in [2.24, 2.45) is 0 Å². The molecule has 0 aromatic carbocycles. The number of piperazine rings is 1. The van der Waals surface area contributed by atoms with Crippen LogP contribution in [0.15, 0.2) is 0 Å². The summed E-state index contributed by atoms with van der Waals surface area (Å²) in [5.41, 5.74) is 0. The van der Waals surface area contributed by atoms with E-state index in [-0.39, 0.29) is 19.0 Å². The van der Waals surface area contributed by atoms with Gasteiger partial charge in [-0.05, 0) is 6.54 Å². The Bertz CT molecular complexity index is 229. The second kappa shape index (κ2) is 3.74. The van der Waals surface area contributed by atoms with E-state index >= 15 is 0 Å². The van der Waals surface area contributed by atoms with Crippen LogP contribution in [-0.4, -0.2) is 59.5 Å². The van der Waals surface area contributed by atoms with E-state index in [4.69, 9.17) is 5.11 Å². The summed E-state index contributed by atoms with van der Waals surface area (Å²) in [7, 11) is 1.63. The monoisotopic (exact) mass is 186 g/mol. The summed E-state index contributed by atoms with van der Waals surface area (Å²) >= 11 is 0. The molecule has 13 heavy (non-hydrogen) atoms. The lowest BCUT2D eigenvalue weighted by Crippen LogP contribution is -2.57. The predicted molar refractivity (Wildman–Crippen MR) is 46.3 cm³/mol. The van der Waals surface area contributed by atoms with Crippen LogP contribution in [0.3, 0.4) is 0 Å². The van der Waals surface area contributed by atoms with Gasteiger partial charge in [0.1, 0.15) is 6.04 Å². The van der Waals surface area contributed by atoms with Crippen LogP contribution in [0, 0.1) is 0 Å². The molecule has 1 saturated heterocycles. The molecule has 1 N–H and O–H groups in total. The van der Waals surface area contributed by atoms with Crippen LogP contribution in [0.2, 0.25) is 0 Å². The number of hydrogen-bond acceptors (Lipinski definition) is 3. The molecule has 0 saturated carbocycles. The first-order chi connectivity index (χ1) is 6.06. The first kappa shape index (κ1) is 9.98. The molecule has 1 fully saturated rings. The number of carbonyl (C=O) groups is 2. The SMILES string of the molecule is CCN1CC(=O)N(C)CC1C(=O)O. The zero-order valence-electron chi connectivity index (χ0n) is 7.86. The van der Waals surface area contributed by atoms with Crippen LogP contribution in [0.4, 0.5) is 0 Å². The van der Waals surface area contributed by atoms with E-state index in [1.54, 1.807) is 11.9 Å². The summed E-state index contributed by atoms with van der Waals surface area (Å²) in [6, 6.07) is -0.548. The molecule has 1 rings (SSSR count). The number of rotatable bonds is 2. The minimum absolute atomic E-state index is 0.0145. The van der Waals surface area contributed by atoms with Crippen molar-refractivity contribution < 1.29 is 14.7 Å². The molecule has 0 radical (unpaired) electrons. The van der Waals surface area contributed by atoms with E-state index in [0.29, 0.717) is 6.54 Å². The molecule has 1 unspecified atom stereocenters. The number of nitrogens with zero attached hydrogens (tertiary/aromatic N) is 2. The van der Waals surface area contributed by atoms with Crippen molar-refractivity contribution in [3.05, 3.63) is 0 Å². The highest BCUT2D eigenvalue weighted by Gasteiger charge is 2.33. The van der Waals surface area contributed by atoms with Gasteiger partial charge in [0.05, 0.1) is 6.54 Å². The summed E-state index contributed by atoms with van der Waals surface area (Å²) in [6.45, 7) is 2.94. The molecule has 1 atom stereocenters. The highest BCUT2D eigenvalue weighted by Crippen LogP contribution is 2.08. The average Bonchev–Trinajstić information content (AvgIpc) is 2.08. The lowest BCUT2D eigenvalue weighted by Gasteiger charge is -2.36. The van der Waals surface area contributed by atoms with Gasteiger partial charge in [0.15, 0.2) is 0 Å². The van der Waals surface area contributed by atoms with E-state index in [9.17, 15) is 9.59 Å². The van der Waals surface area contributed by atoms with Crippen molar-refractivity contribution in [3.8, 4) is 0 Å². The van der Waals surface area contributed by atoms with Gasteiger partial charge < -0.3 is 10.0 Å². The van der Waals surface area contributed by atoms with Crippen molar-refractivity contribution >= 4 is 11.9 Å². The van der Waals surface area contributed by atoms with Gasteiger partial charge in [0.25, 0.3) is 0 Å². The Morgan fingerprint density at radius 3 is 2.77 bits per heavy atom. The summed E-state index contributed by atoms with van der Waals surface area (Å²) in [4.78, 5) is 25.2. The molecule has 0 aromatic heterocycles. The smallest absolute Gasteiger partial charge is 0.322 e. The lowest BCUT2D eigenvalue weighted by atomic mass is 10.1. The van der Waals surface area contributed by atoms with E-state index < -0.39 is 12.0 Å². The Morgan fingerprint density at radius 1 is 1.69 bits per heavy atom. The maximum atomic E-state index is 11.2. The first-order valence-electron chi connectivity index (χ1n) is 4.27. The van der Waals surface area contributed by atoms with Crippen molar-refractivity contribution in [1.29, 1.82) is 0 Å². The molecular formula is C8H14N2O3. The molecule has 0 bridgehead atoms. The maximum Gasteiger partial charge on any atom is 0.322 e. The van der Waals surface area contributed by atoms with Gasteiger partial charge in [-0.15, -0.1) is 0 Å². The van der Waals surface area contributed by atoms with Gasteiger partial charge in [-0.1, -0.05) is 6.92 Å². The number of carboxylic acid groups (broad SMARTS) is 1. The number of aliphatic carboxylic acids is 1. The van der Waals surface area contributed by atoms with E-state index in [0.717, 1.165) is 0 Å². The second-order valence-corrected chi connectivity index (χ2v) is 3.19. The first-order valence-corrected chi connectivity index (χ1v) is 4.27. The standard InChI is InChI=1S/C8H14N2O3/c1-3-10-5-7(11)9(2)4-6(10)8(12)13/h6H,3-5H2,1-2H3,(H,12,13). The Kier molecular flexibility index (Phi) is 2.87. The zero-order valence-corrected chi connectivity index (χ0v) is 7.86. The number of carbonyl (C=O) groups excluding carboxylic acids is 1. The van der Waals surface area contributed by atoms with Crippen LogP contribution in [0.1, 0.15) is 6.92 Å². The van der Waals surface area contributed by atoms with Gasteiger partial charge in [-0.2, -0.15) is 0 Å². The highest BCUT2D eigenvalue weighted by molar-refractivity contribution is 5.83. The third-order valence-corrected chi connectivity index (χ3v) is 2.34. The quantitative estimate of drug-likeness (QED) is 0.615. The van der Waals surface area contributed by atoms with Crippen molar-refractivity contribution in [3.63, 3.8) is 0 Å². The van der Waals surface area contributed by atoms with Crippen LogP contribution in [0.5, 0.6) is 0 Å². The molecule has 1 heterocycles. The zero-order chi connectivity index (χ0) is 10.0. The van der Waals surface area contributed by atoms with Gasteiger partial charge >= 0.3 is 5.97 Å². The Balaban J connectivity index is 2.72. The molecule has 5 heteroatoms. The van der Waals surface area contributed by atoms with Crippen molar-refractivity contribution in [2.75, 3.05) is 26.7 Å². The van der Waals surface area contributed by atoms with Gasteiger partial charge in [0.2, 0.25) is 5.91 Å². The fraction of sp³-hybridized carbons (Fsp3) is 0.750. The summed E-state index contributed by atoms with van der Waals surface area (Å²) in [6.07, 6.45) is 0. The summed E-state index contributed by atoms with van der Waals surface area (Å²) in [5, 5.41) is 8.86. The molecule has 74 valence electrons. The van der Waals surface area contributed by atoms with Crippen LogP contribution >= 0.6 is 0 Å². The number of carboxylic acids is 1. The van der Waals surface area contributed by atoms with Gasteiger partial charge in [-0.25, -0.2) is 0 Å². The average molecular weight is 186 g/mol. The second-order valence-electron chi connectivity index (χ2n) is 3.19. The third-order valence-electron chi connectivity index (χ3n) is 2.34. The fourth-order valence-electron chi connectivity index (χ4n) is 1.45. The van der Waals surface area contributed by atoms with E-state index in [1.165, 1.54) is 4.90 Å². The topological polar surface area (TPSA) is 60.9 Å².